The average molecular weight is 441 g/mol. The molecular formula is C24H22ClFN2O3. The first-order valence-electron chi connectivity index (χ1n) is 9.77. The SMILES string of the molecule is CCC(Oc1ccccc1C)C(=O)Nc1cccc(C(=O)Nc2ccc(F)c(Cl)c2)c1. The minimum atomic E-state index is -0.681. The third-order valence-electron chi connectivity index (χ3n) is 4.60. The van der Waals surface area contributed by atoms with Crippen molar-refractivity contribution in [2.45, 2.75) is 26.4 Å². The van der Waals surface area contributed by atoms with Crippen LogP contribution in [0.15, 0.2) is 66.7 Å². The largest absolute Gasteiger partial charge is 0.480 e. The van der Waals surface area contributed by atoms with E-state index in [1.54, 1.807) is 24.3 Å². The van der Waals surface area contributed by atoms with Gasteiger partial charge in [-0.15, -0.1) is 0 Å². The number of halogens is 2. The number of carbonyl (C=O) groups excluding carboxylic acids is 2. The molecule has 7 heteroatoms. The molecule has 1 unspecified atom stereocenters. The van der Waals surface area contributed by atoms with E-state index in [9.17, 15) is 14.0 Å². The molecule has 0 aliphatic carbocycles. The summed E-state index contributed by atoms with van der Waals surface area (Å²) in [6, 6.07) is 17.9. The van der Waals surface area contributed by atoms with Crippen molar-refractivity contribution < 1.29 is 18.7 Å². The summed E-state index contributed by atoms with van der Waals surface area (Å²) < 4.78 is 19.2. The molecule has 0 saturated carbocycles. The Hall–Kier alpha value is -3.38. The Labute approximate surface area is 185 Å². The van der Waals surface area contributed by atoms with E-state index in [0.717, 1.165) is 5.56 Å². The zero-order valence-corrected chi connectivity index (χ0v) is 17.9. The van der Waals surface area contributed by atoms with Crippen molar-refractivity contribution in [2.24, 2.45) is 0 Å². The molecule has 3 rings (SSSR count). The van der Waals surface area contributed by atoms with Crippen LogP contribution in [0.4, 0.5) is 15.8 Å². The van der Waals surface area contributed by atoms with Crippen LogP contribution in [0.1, 0.15) is 29.3 Å². The summed E-state index contributed by atoms with van der Waals surface area (Å²) in [5.41, 5.74) is 2.09. The highest BCUT2D eigenvalue weighted by Gasteiger charge is 2.20. The lowest BCUT2D eigenvalue weighted by Gasteiger charge is -2.18. The Morgan fingerprint density at radius 1 is 1.00 bits per heavy atom. The van der Waals surface area contributed by atoms with Gasteiger partial charge in [0, 0.05) is 16.9 Å². The predicted molar refractivity (Wildman–Crippen MR) is 120 cm³/mol. The molecule has 0 spiro atoms. The lowest BCUT2D eigenvalue weighted by molar-refractivity contribution is -0.122. The number of aryl methyl sites for hydroxylation is 1. The lowest BCUT2D eigenvalue weighted by atomic mass is 10.1. The second-order valence-electron chi connectivity index (χ2n) is 6.93. The van der Waals surface area contributed by atoms with E-state index >= 15 is 0 Å². The molecule has 31 heavy (non-hydrogen) atoms. The maximum atomic E-state index is 13.3. The van der Waals surface area contributed by atoms with Crippen LogP contribution in [0.25, 0.3) is 0 Å². The Balaban J connectivity index is 1.68. The summed E-state index contributed by atoms with van der Waals surface area (Å²) in [5.74, 6) is -0.644. The summed E-state index contributed by atoms with van der Waals surface area (Å²) in [4.78, 5) is 25.2. The van der Waals surface area contributed by atoms with Gasteiger partial charge in [0.05, 0.1) is 5.02 Å². The number of ether oxygens (including phenoxy) is 1. The summed E-state index contributed by atoms with van der Waals surface area (Å²) in [6.45, 7) is 3.77. The molecule has 0 saturated heterocycles. The van der Waals surface area contributed by atoms with E-state index in [-0.39, 0.29) is 10.9 Å². The topological polar surface area (TPSA) is 67.4 Å². The van der Waals surface area contributed by atoms with Gasteiger partial charge >= 0.3 is 0 Å². The van der Waals surface area contributed by atoms with Gasteiger partial charge < -0.3 is 15.4 Å². The van der Waals surface area contributed by atoms with Gasteiger partial charge in [-0.25, -0.2) is 4.39 Å². The molecule has 3 aromatic carbocycles. The zero-order chi connectivity index (χ0) is 22.4. The second-order valence-corrected chi connectivity index (χ2v) is 7.34. The Kier molecular flexibility index (Phi) is 7.26. The highest BCUT2D eigenvalue weighted by molar-refractivity contribution is 6.31. The van der Waals surface area contributed by atoms with Gasteiger partial charge in [0.15, 0.2) is 6.10 Å². The summed E-state index contributed by atoms with van der Waals surface area (Å²) in [6.07, 6.45) is -0.203. The Bertz CT molecular complexity index is 1100. The van der Waals surface area contributed by atoms with Crippen molar-refractivity contribution in [1.29, 1.82) is 0 Å². The number of hydrogen-bond donors (Lipinski definition) is 2. The standard InChI is InChI=1S/C24H22ClFN2O3/c1-3-21(31-22-10-5-4-7-15(22)2)24(30)28-17-9-6-8-16(13-17)23(29)27-18-11-12-20(26)19(25)14-18/h4-14,21H,3H2,1-2H3,(H,27,29)(H,28,30). The van der Waals surface area contributed by atoms with E-state index < -0.39 is 17.8 Å². The minimum absolute atomic E-state index is 0.0851. The van der Waals surface area contributed by atoms with Gasteiger partial charge in [0.2, 0.25) is 0 Å². The van der Waals surface area contributed by atoms with Crippen LogP contribution < -0.4 is 15.4 Å². The molecule has 160 valence electrons. The number of carbonyl (C=O) groups is 2. The zero-order valence-electron chi connectivity index (χ0n) is 17.1. The lowest BCUT2D eigenvalue weighted by Crippen LogP contribution is -2.32. The van der Waals surface area contributed by atoms with Crippen molar-refractivity contribution in [3.05, 3.63) is 88.7 Å². The predicted octanol–water partition coefficient (Wildman–Crippen LogP) is 5.84. The minimum Gasteiger partial charge on any atom is -0.480 e. The molecule has 1 atom stereocenters. The summed E-state index contributed by atoms with van der Waals surface area (Å²) in [7, 11) is 0. The maximum Gasteiger partial charge on any atom is 0.265 e. The number of hydrogen-bond acceptors (Lipinski definition) is 3. The first-order chi connectivity index (χ1) is 14.9. The quantitative estimate of drug-likeness (QED) is 0.485. The smallest absolute Gasteiger partial charge is 0.265 e. The molecule has 0 aliphatic heterocycles. The van der Waals surface area contributed by atoms with Crippen molar-refractivity contribution in [2.75, 3.05) is 10.6 Å². The maximum absolute atomic E-state index is 13.3. The van der Waals surface area contributed by atoms with Crippen molar-refractivity contribution in [3.8, 4) is 5.75 Å². The third-order valence-corrected chi connectivity index (χ3v) is 4.89. The van der Waals surface area contributed by atoms with Crippen LogP contribution in [0.2, 0.25) is 5.02 Å². The van der Waals surface area contributed by atoms with E-state index in [4.69, 9.17) is 16.3 Å². The molecule has 0 bridgehead atoms. The molecule has 0 heterocycles. The fourth-order valence-electron chi connectivity index (χ4n) is 2.90. The first kappa shape index (κ1) is 22.3. The number of amides is 2. The highest BCUT2D eigenvalue weighted by Crippen LogP contribution is 2.22. The molecule has 5 nitrogen and oxygen atoms in total. The summed E-state index contributed by atoms with van der Waals surface area (Å²) >= 11 is 5.75. The third kappa shape index (κ3) is 5.83. The van der Waals surface area contributed by atoms with Gasteiger partial charge in [0.25, 0.3) is 11.8 Å². The van der Waals surface area contributed by atoms with E-state index in [2.05, 4.69) is 10.6 Å². The van der Waals surface area contributed by atoms with E-state index in [1.165, 1.54) is 18.2 Å². The molecule has 2 amide bonds. The monoisotopic (exact) mass is 440 g/mol. The summed E-state index contributed by atoms with van der Waals surface area (Å²) in [5, 5.41) is 5.36. The van der Waals surface area contributed by atoms with Crippen LogP contribution in [0.3, 0.4) is 0 Å². The number of nitrogens with one attached hydrogen (secondary N) is 2. The second kappa shape index (κ2) is 10.1. The van der Waals surface area contributed by atoms with Crippen LogP contribution in [0.5, 0.6) is 5.75 Å². The van der Waals surface area contributed by atoms with Crippen LogP contribution in [-0.2, 0) is 4.79 Å². The Morgan fingerprint density at radius 2 is 1.74 bits per heavy atom. The van der Waals surface area contributed by atoms with Crippen LogP contribution in [0, 0.1) is 12.7 Å². The van der Waals surface area contributed by atoms with Crippen molar-refractivity contribution >= 4 is 34.8 Å². The molecule has 0 fully saturated rings. The van der Waals surface area contributed by atoms with Crippen LogP contribution in [-0.4, -0.2) is 17.9 Å². The van der Waals surface area contributed by atoms with Gasteiger partial charge in [-0.1, -0.05) is 42.8 Å². The molecule has 0 radical (unpaired) electrons. The normalized spacial score (nSPS) is 11.5. The van der Waals surface area contributed by atoms with Gasteiger partial charge in [-0.05, 0) is 61.4 Å². The molecule has 0 aliphatic rings. The van der Waals surface area contributed by atoms with Crippen LogP contribution >= 0.6 is 11.6 Å². The average Bonchev–Trinajstić information content (AvgIpc) is 2.76. The molecule has 0 aromatic heterocycles. The van der Waals surface area contributed by atoms with E-state index in [0.29, 0.717) is 29.1 Å². The Morgan fingerprint density at radius 3 is 2.45 bits per heavy atom. The van der Waals surface area contributed by atoms with E-state index in [1.807, 2.05) is 38.1 Å². The fourth-order valence-corrected chi connectivity index (χ4v) is 3.08. The van der Waals surface area contributed by atoms with Crippen molar-refractivity contribution in [3.63, 3.8) is 0 Å². The fraction of sp³-hybridized carbons (Fsp3) is 0.167. The number of para-hydroxylation sites is 1. The molecular weight excluding hydrogens is 419 g/mol. The van der Waals surface area contributed by atoms with Gasteiger partial charge in [-0.3, -0.25) is 9.59 Å². The molecule has 2 N–H and O–H groups in total. The van der Waals surface area contributed by atoms with Gasteiger partial charge in [0.1, 0.15) is 11.6 Å². The number of rotatable bonds is 7. The number of benzene rings is 3. The van der Waals surface area contributed by atoms with Gasteiger partial charge in [-0.2, -0.15) is 0 Å². The highest BCUT2D eigenvalue weighted by atomic mass is 35.5. The first-order valence-corrected chi connectivity index (χ1v) is 10.1. The number of anilines is 2. The van der Waals surface area contributed by atoms with Crippen molar-refractivity contribution in [1.82, 2.24) is 0 Å². The molecule has 3 aromatic rings.